The van der Waals surface area contributed by atoms with Gasteiger partial charge in [0.25, 0.3) is 0 Å². The van der Waals surface area contributed by atoms with E-state index in [4.69, 9.17) is 21.8 Å². The van der Waals surface area contributed by atoms with E-state index in [1.807, 2.05) is 0 Å². The first-order chi connectivity index (χ1) is 9.99. The zero-order valence-corrected chi connectivity index (χ0v) is 12.1. The first-order valence-corrected chi connectivity index (χ1v) is 6.78. The van der Waals surface area contributed by atoms with Gasteiger partial charge in [-0.05, 0) is 30.9 Å². The van der Waals surface area contributed by atoms with Gasteiger partial charge in [-0.25, -0.2) is 4.79 Å². The van der Waals surface area contributed by atoms with Crippen LogP contribution >= 0.6 is 11.6 Å². The van der Waals surface area contributed by atoms with E-state index in [0.717, 1.165) is 12.8 Å². The van der Waals surface area contributed by atoms with Gasteiger partial charge in [0.05, 0.1) is 12.8 Å². The maximum atomic E-state index is 11.3. The number of nitrogens with one attached hydrogen (secondary N) is 1. The van der Waals surface area contributed by atoms with Crippen LogP contribution in [0.4, 0.5) is 0 Å². The number of carboxylic acids is 1. The third-order valence-electron chi connectivity index (χ3n) is 3.00. The van der Waals surface area contributed by atoms with E-state index in [1.54, 1.807) is 12.1 Å². The zero-order chi connectivity index (χ0) is 15.4. The normalized spacial score (nSPS) is 16.3. The van der Waals surface area contributed by atoms with E-state index in [0.29, 0.717) is 17.4 Å². The molecule has 1 aliphatic rings. The highest BCUT2D eigenvalue weighted by molar-refractivity contribution is 6.44. The number of carbonyl (C=O) groups is 1. The predicted octanol–water partition coefficient (Wildman–Crippen LogP) is 2.19. The summed E-state index contributed by atoms with van der Waals surface area (Å²) in [6.07, 6.45) is 3.51. The van der Waals surface area contributed by atoms with E-state index in [-0.39, 0.29) is 23.1 Å². The van der Waals surface area contributed by atoms with Gasteiger partial charge < -0.3 is 20.6 Å². The molecule has 112 valence electrons. The largest absolute Gasteiger partial charge is 0.477 e. The summed E-state index contributed by atoms with van der Waals surface area (Å²) in [5.41, 5.74) is 6.14. The molecule has 4 N–H and O–H groups in total. The second-order valence-corrected chi connectivity index (χ2v) is 5.08. The summed E-state index contributed by atoms with van der Waals surface area (Å²) in [6.45, 7) is 3.99. The van der Waals surface area contributed by atoms with Crippen molar-refractivity contribution in [1.82, 2.24) is 5.32 Å². The van der Waals surface area contributed by atoms with Gasteiger partial charge in [-0.1, -0.05) is 18.2 Å². The molecule has 1 aromatic rings. The Morgan fingerprint density at radius 3 is 2.86 bits per heavy atom. The third kappa shape index (κ3) is 4.13. The summed E-state index contributed by atoms with van der Waals surface area (Å²) in [6, 6.07) is 3.46. The summed E-state index contributed by atoms with van der Waals surface area (Å²) >= 11 is 6.01. The van der Waals surface area contributed by atoms with Crippen molar-refractivity contribution in [2.75, 3.05) is 0 Å². The lowest BCUT2D eigenvalue weighted by atomic mass is 10.3. The summed E-state index contributed by atoms with van der Waals surface area (Å²) in [5.74, 6) is -0.376. The molecule has 0 unspecified atom stereocenters. The molecule has 21 heavy (non-hydrogen) atoms. The van der Waals surface area contributed by atoms with Gasteiger partial charge >= 0.3 is 5.97 Å². The third-order valence-corrected chi connectivity index (χ3v) is 3.38. The Morgan fingerprint density at radius 1 is 1.62 bits per heavy atom. The van der Waals surface area contributed by atoms with Gasteiger partial charge in [0.2, 0.25) is 0 Å². The SMILES string of the molecule is C=C(NC(C(=O)O)=C(Cl)C(N)=NCc1ccco1)C1CC1. The first kappa shape index (κ1) is 15.2. The summed E-state index contributed by atoms with van der Waals surface area (Å²) < 4.78 is 5.11. The van der Waals surface area contributed by atoms with Crippen LogP contribution in [-0.4, -0.2) is 16.9 Å². The van der Waals surface area contributed by atoms with Crippen LogP contribution in [0.2, 0.25) is 0 Å². The number of hydrogen-bond acceptors (Lipinski definition) is 4. The zero-order valence-electron chi connectivity index (χ0n) is 11.3. The van der Waals surface area contributed by atoms with Crippen molar-refractivity contribution in [2.24, 2.45) is 16.6 Å². The molecule has 1 heterocycles. The van der Waals surface area contributed by atoms with Crippen molar-refractivity contribution in [3.8, 4) is 0 Å². The van der Waals surface area contributed by atoms with E-state index >= 15 is 0 Å². The lowest BCUT2D eigenvalue weighted by Gasteiger charge is -2.11. The first-order valence-electron chi connectivity index (χ1n) is 6.40. The van der Waals surface area contributed by atoms with Crippen molar-refractivity contribution < 1.29 is 14.3 Å². The van der Waals surface area contributed by atoms with E-state index in [1.165, 1.54) is 6.26 Å². The van der Waals surface area contributed by atoms with Crippen molar-refractivity contribution in [3.05, 3.63) is 47.2 Å². The van der Waals surface area contributed by atoms with Crippen LogP contribution in [0.1, 0.15) is 18.6 Å². The second kappa shape index (κ2) is 6.49. The molecule has 1 aliphatic carbocycles. The molecule has 2 rings (SSSR count). The molecule has 0 spiro atoms. The van der Waals surface area contributed by atoms with Gasteiger partial charge in [-0.2, -0.15) is 0 Å². The van der Waals surface area contributed by atoms with Crippen LogP contribution < -0.4 is 11.1 Å². The van der Waals surface area contributed by atoms with Gasteiger partial charge in [-0.15, -0.1) is 0 Å². The molecule has 0 radical (unpaired) electrons. The predicted molar refractivity (Wildman–Crippen MR) is 79.5 cm³/mol. The molecule has 6 nitrogen and oxygen atoms in total. The minimum atomic E-state index is -1.21. The van der Waals surface area contributed by atoms with Crippen molar-refractivity contribution in [3.63, 3.8) is 0 Å². The van der Waals surface area contributed by atoms with Gasteiger partial charge in [-0.3, -0.25) is 4.99 Å². The van der Waals surface area contributed by atoms with Crippen LogP contribution in [0.3, 0.4) is 0 Å². The van der Waals surface area contributed by atoms with Crippen LogP contribution in [-0.2, 0) is 11.3 Å². The standard InChI is InChI=1S/C14H16ClN3O3/c1-8(9-4-5-9)18-12(14(19)20)11(15)13(16)17-7-10-3-2-6-21-10/h2-3,6,9,18H,1,4-5,7H2,(H2,16,17)(H,19,20). The van der Waals surface area contributed by atoms with Crippen LogP contribution in [0.25, 0.3) is 0 Å². The molecule has 0 aromatic carbocycles. The van der Waals surface area contributed by atoms with Crippen molar-refractivity contribution in [1.29, 1.82) is 0 Å². The number of carboxylic acid groups (broad SMARTS) is 1. The van der Waals surface area contributed by atoms with Gasteiger partial charge in [0.15, 0.2) is 0 Å². The molecule has 1 aromatic heterocycles. The van der Waals surface area contributed by atoms with E-state index in [2.05, 4.69) is 16.9 Å². The highest BCUT2D eigenvalue weighted by atomic mass is 35.5. The topological polar surface area (TPSA) is 101 Å². The number of aliphatic carboxylic acids is 1. The Labute approximate surface area is 127 Å². The summed E-state index contributed by atoms with van der Waals surface area (Å²) in [5, 5.41) is 11.8. The summed E-state index contributed by atoms with van der Waals surface area (Å²) in [4.78, 5) is 15.3. The molecule has 0 amide bonds. The highest BCUT2D eigenvalue weighted by Crippen LogP contribution is 2.34. The van der Waals surface area contributed by atoms with Gasteiger partial charge in [0, 0.05) is 5.70 Å². The molecule has 0 bridgehead atoms. The average molecular weight is 310 g/mol. The van der Waals surface area contributed by atoms with Crippen LogP contribution in [0.15, 0.2) is 50.8 Å². The minimum absolute atomic E-state index is 0.0680. The molecule has 1 saturated carbocycles. The molecular weight excluding hydrogens is 294 g/mol. The van der Waals surface area contributed by atoms with Crippen molar-refractivity contribution in [2.45, 2.75) is 19.4 Å². The average Bonchev–Trinajstić information content (AvgIpc) is 3.18. The molecule has 7 heteroatoms. The molecule has 0 atom stereocenters. The minimum Gasteiger partial charge on any atom is -0.477 e. The molecular formula is C14H16ClN3O3. The second-order valence-electron chi connectivity index (χ2n) is 4.70. The fraction of sp³-hybridized carbons (Fsp3) is 0.286. The molecule has 0 saturated heterocycles. The maximum absolute atomic E-state index is 11.3. The number of amidine groups is 1. The van der Waals surface area contributed by atoms with E-state index in [9.17, 15) is 9.90 Å². The highest BCUT2D eigenvalue weighted by Gasteiger charge is 2.27. The number of aliphatic imine (C=N–C) groups is 1. The molecule has 0 aliphatic heterocycles. The van der Waals surface area contributed by atoms with Crippen LogP contribution in [0.5, 0.6) is 0 Å². The van der Waals surface area contributed by atoms with E-state index < -0.39 is 5.97 Å². The number of nitrogens with two attached hydrogens (primary N) is 1. The van der Waals surface area contributed by atoms with Crippen molar-refractivity contribution >= 4 is 23.4 Å². The fourth-order valence-electron chi connectivity index (χ4n) is 1.66. The number of hydrogen-bond donors (Lipinski definition) is 3. The number of halogens is 1. The van der Waals surface area contributed by atoms with Crippen LogP contribution in [0, 0.1) is 5.92 Å². The Balaban J connectivity index is 2.13. The Bertz CT molecular complexity index is 601. The number of rotatable bonds is 7. The lowest BCUT2D eigenvalue weighted by molar-refractivity contribution is -0.133. The number of furan rings is 1. The fourth-order valence-corrected chi connectivity index (χ4v) is 1.85. The maximum Gasteiger partial charge on any atom is 0.354 e. The Hall–Kier alpha value is -2.21. The molecule has 1 fully saturated rings. The Morgan fingerprint density at radius 2 is 2.33 bits per heavy atom. The summed E-state index contributed by atoms with van der Waals surface area (Å²) in [7, 11) is 0. The number of nitrogens with zero attached hydrogens (tertiary/aromatic N) is 1. The lowest BCUT2D eigenvalue weighted by Crippen LogP contribution is -2.26. The Kier molecular flexibility index (Phi) is 4.70. The van der Waals surface area contributed by atoms with Gasteiger partial charge in [0.1, 0.15) is 22.3 Å². The quantitative estimate of drug-likeness (QED) is 0.407. The number of allylic oxidation sites excluding steroid dienone is 1. The monoisotopic (exact) mass is 309 g/mol. The smallest absolute Gasteiger partial charge is 0.354 e.